The third kappa shape index (κ3) is 4.27. The first-order chi connectivity index (χ1) is 8.72. The summed E-state index contributed by atoms with van der Waals surface area (Å²) in [5.41, 5.74) is 0. The van der Waals surface area contributed by atoms with Crippen molar-refractivity contribution in [2.75, 3.05) is 31.7 Å². The first-order valence-corrected chi connectivity index (χ1v) is 6.51. The normalized spacial score (nSPS) is 12.7. The molecule has 0 bridgehead atoms. The lowest BCUT2D eigenvalue weighted by Gasteiger charge is -2.24. The fraction of sp³-hybridized carbons (Fsp3) is 0.833. The minimum Gasteiger partial charge on any atom is -0.407 e. The van der Waals surface area contributed by atoms with E-state index in [-0.39, 0.29) is 6.04 Å². The van der Waals surface area contributed by atoms with Crippen LogP contribution in [0, 0.1) is 0 Å². The summed E-state index contributed by atoms with van der Waals surface area (Å²) in [6.07, 6.45) is 1.09. The molecule has 6 nitrogen and oxygen atoms in total. The SMILES string of the molecule is CCCNCc1nnc(N(CC)C(C)COC)o1. The molecule has 1 rings (SSSR count). The third-order valence-electron chi connectivity index (χ3n) is 2.69. The smallest absolute Gasteiger partial charge is 0.318 e. The van der Waals surface area contributed by atoms with Crippen LogP contribution in [0.5, 0.6) is 0 Å². The fourth-order valence-corrected chi connectivity index (χ4v) is 1.77. The van der Waals surface area contributed by atoms with Gasteiger partial charge in [-0.05, 0) is 26.8 Å². The van der Waals surface area contributed by atoms with Crippen LogP contribution >= 0.6 is 0 Å². The predicted molar refractivity (Wildman–Crippen MR) is 70.7 cm³/mol. The van der Waals surface area contributed by atoms with E-state index in [0.717, 1.165) is 19.5 Å². The van der Waals surface area contributed by atoms with Gasteiger partial charge < -0.3 is 19.4 Å². The van der Waals surface area contributed by atoms with E-state index in [1.807, 2.05) is 4.90 Å². The Kier molecular flexibility index (Phi) is 6.67. The molecule has 1 unspecified atom stereocenters. The number of hydrogen-bond donors (Lipinski definition) is 1. The van der Waals surface area contributed by atoms with E-state index in [1.165, 1.54) is 0 Å². The van der Waals surface area contributed by atoms with E-state index >= 15 is 0 Å². The zero-order valence-corrected chi connectivity index (χ0v) is 11.8. The molecule has 0 aromatic carbocycles. The number of aromatic nitrogens is 2. The van der Waals surface area contributed by atoms with E-state index < -0.39 is 0 Å². The predicted octanol–water partition coefficient (Wildman–Crippen LogP) is 1.43. The minimum absolute atomic E-state index is 0.219. The molecular weight excluding hydrogens is 232 g/mol. The molecule has 6 heteroatoms. The Bertz CT molecular complexity index is 330. The average Bonchev–Trinajstić information content (AvgIpc) is 2.79. The lowest BCUT2D eigenvalue weighted by atomic mass is 10.3. The van der Waals surface area contributed by atoms with E-state index in [4.69, 9.17) is 9.15 Å². The quantitative estimate of drug-likeness (QED) is 0.674. The fourth-order valence-electron chi connectivity index (χ4n) is 1.77. The maximum atomic E-state index is 5.64. The van der Waals surface area contributed by atoms with Gasteiger partial charge in [-0.25, -0.2) is 0 Å². The molecule has 0 saturated carbocycles. The highest BCUT2D eigenvalue weighted by atomic mass is 16.5. The van der Waals surface area contributed by atoms with E-state index in [1.54, 1.807) is 7.11 Å². The molecular formula is C12H24N4O2. The molecule has 1 atom stereocenters. The Balaban J connectivity index is 2.58. The number of nitrogens with zero attached hydrogens (tertiary/aromatic N) is 3. The number of likely N-dealkylation sites (N-methyl/N-ethyl adjacent to an activating group) is 1. The van der Waals surface area contributed by atoms with Crippen molar-refractivity contribution in [3.63, 3.8) is 0 Å². The summed E-state index contributed by atoms with van der Waals surface area (Å²) in [6.45, 7) is 9.29. The van der Waals surface area contributed by atoms with Crippen molar-refractivity contribution in [1.29, 1.82) is 0 Å². The van der Waals surface area contributed by atoms with Crippen LogP contribution < -0.4 is 10.2 Å². The zero-order valence-electron chi connectivity index (χ0n) is 11.8. The molecule has 1 aromatic rings. The summed E-state index contributed by atoms with van der Waals surface area (Å²) in [4.78, 5) is 2.04. The van der Waals surface area contributed by atoms with Gasteiger partial charge in [-0.1, -0.05) is 12.0 Å². The first-order valence-electron chi connectivity index (χ1n) is 6.51. The average molecular weight is 256 g/mol. The molecule has 0 radical (unpaired) electrons. The maximum absolute atomic E-state index is 5.64. The standard InChI is InChI=1S/C12H24N4O2/c1-5-7-13-8-11-14-15-12(18-11)16(6-2)10(3)9-17-4/h10,13H,5-9H2,1-4H3. The van der Waals surface area contributed by atoms with Gasteiger partial charge in [0, 0.05) is 13.7 Å². The largest absolute Gasteiger partial charge is 0.407 e. The van der Waals surface area contributed by atoms with Gasteiger partial charge in [0.25, 0.3) is 0 Å². The topological polar surface area (TPSA) is 63.4 Å². The number of methoxy groups -OCH3 is 1. The third-order valence-corrected chi connectivity index (χ3v) is 2.69. The molecule has 0 spiro atoms. The van der Waals surface area contributed by atoms with E-state index in [2.05, 4.69) is 36.3 Å². The van der Waals surface area contributed by atoms with Crippen LogP contribution in [0.3, 0.4) is 0 Å². The van der Waals surface area contributed by atoms with Gasteiger partial charge in [-0.15, -0.1) is 5.10 Å². The van der Waals surface area contributed by atoms with E-state index in [0.29, 0.717) is 25.1 Å². The van der Waals surface area contributed by atoms with Crippen LogP contribution in [0.4, 0.5) is 6.01 Å². The summed E-state index contributed by atoms with van der Waals surface area (Å²) >= 11 is 0. The van der Waals surface area contributed by atoms with Gasteiger partial charge in [0.1, 0.15) is 0 Å². The Labute approximate surface area is 109 Å². The number of rotatable bonds is 9. The van der Waals surface area contributed by atoms with Gasteiger partial charge >= 0.3 is 6.01 Å². The van der Waals surface area contributed by atoms with Gasteiger partial charge in [0.05, 0.1) is 19.2 Å². The summed E-state index contributed by atoms with van der Waals surface area (Å²) in [7, 11) is 1.69. The zero-order chi connectivity index (χ0) is 13.4. The Hall–Kier alpha value is -1.14. The summed E-state index contributed by atoms with van der Waals surface area (Å²) in [6, 6.07) is 0.784. The van der Waals surface area contributed by atoms with Gasteiger partial charge in [0.15, 0.2) is 0 Å². The van der Waals surface area contributed by atoms with Crippen molar-refractivity contribution in [3.8, 4) is 0 Å². The highest BCUT2D eigenvalue weighted by molar-refractivity contribution is 5.25. The molecule has 18 heavy (non-hydrogen) atoms. The number of anilines is 1. The minimum atomic E-state index is 0.219. The second-order valence-electron chi connectivity index (χ2n) is 4.25. The molecule has 1 N–H and O–H groups in total. The summed E-state index contributed by atoms with van der Waals surface area (Å²) in [5, 5.41) is 11.4. The van der Waals surface area contributed by atoms with Crippen LogP contribution in [0.1, 0.15) is 33.1 Å². The monoisotopic (exact) mass is 256 g/mol. The molecule has 104 valence electrons. The van der Waals surface area contributed by atoms with Crippen LogP contribution in [-0.2, 0) is 11.3 Å². The molecule has 0 aliphatic carbocycles. The number of hydrogen-bond acceptors (Lipinski definition) is 6. The number of ether oxygens (including phenoxy) is 1. The molecule has 0 aliphatic heterocycles. The highest BCUT2D eigenvalue weighted by Gasteiger charge is 2.18. The molecule has 0 fully saturated rings. The van der Waals surface area contributed by atoms with Crippen molar-refractivity contribution in [2.45, 2.75) is 39.8 Å². The van der Waals surface area contributed by atoms with Crippen LogP contribution in [0.15, 0.2) is 4.42 Å². The Morgan fingerprint density at radius 3 is 2.78 bits per heavy atom. The molecule has 1 aromatic heterocycles. The molecule has 0 aliphatic rings. The van der Waals surface area contributed by atoms with Crippen LogP contribution in [-0.4, -0.2) is 43.0 Å². The van der Waals surface area contributed by atoms with Crippen LogP contribution in [0.25, 0.3) is 0 Å². The first kappa shape index (κ1) is 14.9. The lowest BCUT2D eigenvalue weighted by molar-refractivity contribution is 0.180. The van der Waals surface area contributed by atoms with Crippen molar-refractivity contribution in [2.24, 2.45) is 0 Å². The molecule has 0 saturated heterocycles. The van der Waals surface area contributed by atoms with Crippen LogP contribution in [0.2, 0.25) is 0 Å². The molecule has 1 heterocycles. The second kappa shape index (κ2) is 8.05. The Morgan fingerprint density at radius 2 is 2.17 bits per heavy atom. The summed E-state index contributed by atoms with van der Waals surface area (Å²) in [5.74, 6) is 0.626. The summed E-state index contributed by atoms with van der Waals surface area (Å²) < 4.78 is 10.8. The molecule has 0 amide bonds. The van der Waals surface area contributed by atoms with Crippen molar-refractivity contribution < 1.29 is 9.15 Å². The Morgan fingerprint density at radius 1 is 1.39 bits per heavy atom. The van der Waals surface area contributed by atoms with Gasteiger partial charge in [0.2, 0.25) is 5.89 Å². The van der Waals surface area contributed by atoms with Crippen molar-refractivity contribution in [3.05, 3.63) is 5.89 Å². The van der Waals surface area contributed by atoms with Gasteiger partial charge in [-0.3, -0.25) is 0 Å². The lowest BCUT2D eigenvalue weighted by Crippen LogP contribution is -2.36. The van der Waals surface area contributed by atoms with E-state index in [9.17, 15) is 0 Å². The van der Waals surface area contributed by atoms with Crippen molar-refractivity contribution in [1.82, 2.24) is 15.5 Å². The highest BCUT2D eigenvalue weighted by Crippen LogP contribution is 2.15. The maximum Gasteiger partial charge on any atom is 0.318 e. The van der Waals surface area contributed by atoms with Crippen molar-refractivity contribution >= 4 is 6.01 Å². The second-order valence-corrected chi connectivity index (χ2v) is 4.25. The number of nitrogens with one attached hydrogen (secondary N) is 1. The van der Waals surface area contributed by atoms with Gasteiger partial charge in [-0.2, -0.15) is 0 Å².